The maximum atomic E-state index is 14.8. The Labute approximate surface area is 183 Å². The fourth-order valence-electron chi connectivity index (χ4n) is 4.08. The lowest BCUT2D eigenvalue weighted by molar-refractivity contribution is -0.274. The van der Waals surface area contributed by atoms with Crippen LogP contribution < -0.4 is 4.74 Å². The molecule has 0 bridgehead atoms. The Kier molecular flexibility index (Phi) is 7.44. The van der Waals surface area contributed by atoms with Crippen LogP contribution in [0, 0.1) is 17.6 Å². The average molecular weight is 478 g/mol. The number of hydrogen-bond donors (Lipinski definition) is 0. The van der Waals surface area contributed by atoms with Crippen molar-refractivity contribution in [1.29, 1.82) is 0 Å². The van der Waals surface area contributed by atoms with Gasteiger partial charge in [0, 0.05) is 0 Å². The van der Waals surface area contributed by atoms with E-state index in [0.717, 1.165) is 31.2 Å². The fraction of sp³-hybridized carbons (Fsp3) is 0.455. The van der Waals surface area contributed by atoms with Gasteiger partial charge in [0.2, 0.25) is 0 Å². The summed E-state index contributed by atoms with van der Waals surface area (Å²) in [5.74, 6) is -1.78. The van der Waals surface area contributed by atoms with Crippen molar-refractivity contribution in [2.24, 2.45) is 5.92 Å². The zero-order valence-corrected chi connectivity index (χ0v) is 18.1. The molecule has 3 rings (SSSR count). The molecule has 1 fully saturated rings. The van der Waals surface area contributed by atoms with Crippen molar-refractivity contribution < 1.29 is 39.3 Å². The topological polar surface area (TPSA) is 52.6 Å². The number of rotatable bonds is 7. The van der Waals surface area contributed by atoms with Crippen LogP contribution in [0.2, 0.25) is 0 Å². The van der Waals surface area contributed by atoms with E-state index in [1.54, 1.807) is 0 Å². The van der Waals surface area contributed by atoms with Gasteiger partial charge in [0.25, 0.3) is 10.1 Å². The van der Waals surface area contributed by atoms with E-state index in [1.807, 2.05) is 0 Å². The predicted octanol–water partition coefficient (Wildman–Crippen LogP) is 6.17. The third-order valence-electron chi connectivity index (χ3n) is 5.58. The minimum absolute atomic E-state index is 0.0253. The Morgan fingerprint density at radius 3 is 2.03 bits per heavy atom. The van der Waals surface area contributed by atoms with E-state index in [0.29, 0.717) is 30.7 Å². The molecule has 0 atom stereocenters. The molecule has 0 N–H and O–H groups in total. The van der Waals surface area contributed by atoms with Crippen molar-refractivity contribution in [3.63, 3.8) is 0 Å². The highest BCUT2D eigenvalue weighted by Crippen LogP contribution is 2.39. The van der Waals surface area contributed by atoms with E-state index in [1.165, 1.54) is 24.3 Å². The molecular weight excluding hydrogens is 455 g/mol. The molecule has 10 heteroatoms. The lowest BCUT2D eigenvalue weighted by atomic mass is 9.77. The van der Waals surface area contributed by atoms with Crippen LogP contribution in [0.3, 0.4) is 0 Å². The largest absolute Gasteiger partial charge is 0.573 e. The first-order chi connectivity index (χ1) is 14.9. The minimum atomic E-state index is -4.85. The smallest absolute Gasteiger partial charge is 0.406 e. The summed E-state index contributed by atoms with van der Waals surface area (Å²) in [4.78, 5) is 0. The van der Waals surface area contributed by atoms with Gasteiger partial charge < -0.3 is 4.74 Å². The highest BCUT2D eigenvalue weighted by molar-refractivity contribution is 7.85. The maximum Gasteiger partial charge on any atom is 0.573 e. The molecule has 0 unspecified atom stereocenters. The molecule has 0 saturated heterocycles. The molecule has 0 amide bonds. The first-order valence-corrected chi connectivity index (χ1v) is 11.9. The molecule has 2 aromatic rings. The van der Waals surface area contributed by atoms with Gasteiger partial charge in [-0.2, -0.15) is 8.42 Å². The van der Waals surface area contributed by atoms with Crippen LogP contribution in [0.15, 0.2) is 36.4 Å². The molecule has 2 aromatic carbocycles. The van der Waals surface area contributed by atoms with Gasteiger partial charge in [-0.3, -0.25) is 4.18 Å². The van der Waals surface area contributed by atoms with Gasteiger partial charge in [0.1, 0.15) is 17.4 Å². The first-order valence-electron chi connectivity index (χ1n) is 10.1. The molecule has 0 spiro atoms. The molecule has 0 radical (unpaired) electrons. The van der Waals surface area contributed by atoms with Crippen molar-refractivity contribution in [2.75, 3.05) is 12.9 Å². The van der Waals surface area contributed by atoms with E-state index < -0.39 is 33.9 Å². The predicted molar refractivity (Wildman–Crippen MR) is 109 cm³/mol. The van der Waals surface area contributed by atoms with Crippen LogP contribution in [-0.4, -0.2) is 27.6 Å². The first kappa shape index (κ1) is 24.4. The second-order valence-electron chi connectivity index (χ2n) is 7.96. The molecular formula is C22H23F5O4S. The van der Waals surface area contributed by atoms with Crippen molar-refractivity contribution in [3.05, 3.63) is 53.6 Å². The van der Waals surface area contributed by atoms with Crippen molar-refractivity contribution in [2.45, 2.75) is 44.4 Å². The average Bonchev–Trinajstić information content (AvgIpc) is 2.67. The number of alkyl halides is 3. The summed E-state index contributed by atoms with van der Waals surface area (Å²) in [6, 6.07) is 6.90. The number of hydrogen-bond acceptors (Lipinski definition) is 4. The second kappa shape index (κ2) is 9.74. The molecule has 176 valence electrons. The normalized spacial score (nSPS) is 19.7. The quantitative estimate of drug-likeness (QED) is 0.353. The lowest BCUT2D eigenvalue weighted by Gasteiger charge is -2.29. The third kappa shape index (κ3) is 6.90. The summed E-state index contributed by atoms with van der Waals surface area (Å²) in [6.07, 6.45) is -0.223. The Bertz CT molecular complexity index is 1000. The van der Waals surface area contributed by atoms with E-state index in [2.05, 4.69) is 4.74 Å². The fourth-order valence-corrected chi connectivity index (χ4v) is 4.48. The number of halogens is 5. The van der Waals surface area contributed by atoms with Crippen molar-refractivity contribution >= 4 is 10.1 Å². The Hall–Kier alpha value is -2.20. The van der Waals surface area contributed by atoms with Crippen molar-refractivity contribution in [1.82, 2.24) is 0 Å². The SMILES string of the molecule is CS(=O)(=O)OCCC1CCC(c2cc(F)c(-c3ccc(OC(F)(F)F)cc3)c(F)c2)CC1. The van der Waals surface area contributed by atoms with Crippen LogP contribution >= 0.6 is 0 Å². The van der Waals surface area contributed by atoms with Crippen LogP contribution in [0.25, 0.3) is 11.1 Å². The number of ether oxygens (including phenoxy) is 1. The molecule has 1 aliphatic carbocycles. The monoisotopic (exact) mass is 478 g/mol. The van der Waals surface area contributed by atoms with Gasteiger partial charge in [-0.05, 0) is 79.3 Å². The molecule has 1 aliphatic rings. The Morgan fingerprint density at radius 1 is 0.969 bits per heavy atom. The van der Waals surface area contributed by atoms with Gasteiger partial charge in [0.15, 0.2) is 0 Å². The Morgan fingerprint density at radius 2 is 1.53 bits per heavy atom. The Balaban J connectivity index is 1.65. The van der Waals surface area contributed by atoms with E-state index >= 15 is 0 Å². The third-order valence-corrected chi connectivity index (χ3v) is 6.18. The summed E-state index contributed by atoms with van der Waals surface area (Å²) in [5.41, 5.74) is 0.334. The van der Waals surface area contributed by atoms with E-state index in [4.69, 9.17) is 4.18 Å². The molecule has 1 saturated carbocycles. The van der Waals surface area contributed by atoms with Gasteiger partial charge in [0.05, 0.1) is 18.4 Å². The zero-order chi connectivity index (χ0) is 23.5. The maximum absolute atomic E-state index is 14.8. The van der Waals surface area contributed by atoms with Gasteiger partial charge in [-0.1, -0.05) is 12.1 Å². The van der Waals surface area contributed by atoms with Crippen LogP contribution in [0.4, 0.5) is 22.0 Å². The number of benzene rings is 2. The van der Waals surface area contributed by atoms with E-state index in [-0.39, 0.29) is 23.7 Å². The molecule has 0 aliphatic heterocycles. The van der Waals surface area contributed by atoms with Crippen LogP contribution in [0.5, 0.6) is 5.75 Å². The standard InChI is InChI=1S/C22H23F5O4S/c1-32(28,29)30-11-10-14-2-4-15(5-3-14)17-12-19(23)21(20(24)13-17)16-6-8-18(9-7-16)31-22(25,26)27/h6-9,12-15H,2-5,10-11H2,1H3. The van der Waals surface area contributed by atoms with Gasteiger partial charge in [-0.25, -0.2) is 8.78 Å². The van der Waals surface area contributed by atoms with Crippen LogP contribution in [0.1, 0.15) is 43.6 Å². The summed E-state index contributed by atoms with van der Waals surface area (Å²) in [5, 5.41) is 0. The second-order valence-corrected chi connectivity index (χ2v) is 9.61. The van der Waals surface area contributed by atoms with Crippen molar-refractivity contribution in [3.8, 4) is 16.9 Å². The molecule has 32 heavy (non-hydrogen) atoms. The summed E-state index contributed by atoms with van der Waals surface area (Å²) in [7, 11) is -3.47. The van der Waals surface area contributed by atoms with E-state index in [9.17, 15) is 30.4 Å². The highest BCUT2D eigenvalue weighted by Gasteiger charge is 2.31. The summed E-state index contributed by atoms with van der Waals surface area (Å²) < 4.78 is 96.9. The minimum Gasteiger partial charge on any atom is -0.406 e. The lowest BCUT2D eigenvalue weighted by Crippen LogP contribution is -2.17. The van der Waals surface area contributed by atoms with Gasteiger partial charge >= 0.3 is 6.36 Å². The highest BCUT2D eigenvalue weighted by atomic mass is 32.2. The molecule has 0 heterocycles. The summed E-state index contributed by atoms with van der Waals surface area (Å²) in [6.45, 7) is 0.124. The molecule has 4 nitrogen and oxygen atoms in total. The molecule has 0 aromatic heterocycles. The summed E-state index contributed by atoms with van der Waals surface area (Å²) >= 11 is 0. The zero-order valence-electron chi connectivity index (χ0n) is 17.3. The van der Waals surface area contributed by atoms with Crippen LogP contribution in [-0.2, 0) is 14.3 Å². The van der Waals surface area contributed by atoms with Gasteiger partial charge in [-0.15, -0.1) is 13.2 Å².